The summed E-state index contributed by atoms with van der Waals surface area (Å²) in [5, 5.41) is 33.8. The van der Waals surface area contributed by atoms with Crippen molar-refractivity contribution in [3.63, 3.8) is 0 Å². The number of aliphatic hydroxyl groups excluding tert-OH is 2. The molecule has 0 aromatic rings. The van der Waals surface area contributed by atoms with E-state index in [4.69, 9.17) is 20.4 Å². The second-order valence-corrected chi connectivity index (χ2v) is 5.48. The van der Waals surface area contributed by atoms with E-state index < -0.39 is 12.6 Å². The van der Waals surface area contributed by atoms with Gasteiger partial charge >= 0.3 is 0 Å². The van der Waals surface area contributed by atoms with E-state index in [9.17, 15) is 0 Å². The van der Waals surface area contributed by atoms with E-state index in [1.165, 1.54) is 0 Å². The highest BCUT2D eigenvalue weighted by atomic mass is 16.5. The molecule has 0 saturated heterocycles. The molecule has 88 valence electrons. The molecule has 0 fully saturated rings. The summed E-state index contributed by atoms with van der Waals surface area (Å²) < 4.78 is 0. The molecule has 0 heterocycles. The molecule has 4 nitrogen and oxygen atoms in total. The third kappa shape index (κ3) is 9.92. The van der Waals surface area contributed by atoms with Crippen LogP contribution < -0.4 is 0 Å². The minimum absolute atomic E-state index is 0.389. The van der Waals surface area contributed by atoms with Gasteiger partial charge in [0, 0.05) is 10.8 Å². The summed E-state index contributed by atoms with van der Waals surface area (Å²) in [6, 6.07) is 0. The third-order valence-corrected chi connectivity index (χ3v) is 1.55. The Labute approximate surface area is 86.2 Å². The molecule has 4 N–H and O–H groups in total. The van der Waals surface area contributed by atoms with Crippen molar-refractivity contribution in [2.75, 3.05) is 0 Å². The average Bonchev–Trinajstić information content (AvgIpc) is 1.83. The first-order valence-electron chi connectivity index (χ1n) is 4.61. The fraction of sp³-hybridized carbons (Fsp3) is 1.00. The van der Waals surface area contributed by atoms with Crippen LogP contribution in [0.15, 0.2) is 0 Å². The Balaban J connectivity index is 0. The lowest BCUT2D eigenvalue weighted by Crippen LogP contribution is -2.24. The van der Waals surface area contributed by atoms with Gasteiger partial charge in [-0.25, -0.2) is 0 Å². The van der Waals surface area contributed by atoms with Crippen LogP contribution in [0.3, 0.4) is 0 Å². The molecular formula is C10H24O4. The van der Waals surface area contributed by atoms with Crippen LogP contribution in [0.5, 0.6) is 0 Å². The van der Waals surface area contributed by atoms with Crippen molar-refractivity contribution < 1.29 is 20.4 Å². The van der Waals surface area contributed by atoms with Gasteiger partial charge in [0.25, 0.3) is 0 Å². The Morgan fingerprint density at radius 2 is 0.643 bits per heavy atom. The molecule has 4 heteroatoms. The predicted octanol–water partition coefficient (Wildman–Crippen LogP) is 0.686. The standard InChI is InChI=1S/2C5H12O2/c2*1-5(2,3)4(6)7/h2*4,6-7H,1-3H3. The maximum Gasteiger partial charge on any atom is 0.156 e. The first kappa shape index (κ1) is 16.3. The zero-order chi connectivity index (χ0) is 12.2. The van der Waals surface area contributed by atoms with E-state index in [1.807, 2.05) is 0 Å². The van der Waals surface area contributed by atoms with Gasteiger partial charge in [-0.2, -0.15) is 0 Å². The van der Waals surface area contributed by atoms with Crippen molar-refractivity contribution >= 4 is 0 Å². The van der Waals surface area contributed by atoms with Crippen LogP contribution in [0, 0.1) is 10.8 Å². The van der Waals surface area contributed by atoms with Gasteiger partial charge in [-0.1, -0.05) is 41.5 Å². The average molecular weight is 208 g/mol. The highest BCUT2D eigenvalue weighted by Gasteiger charge is 2.18. The van der Waals surface area contributed by atoms with Crippen LogP contribution in [0.25, 0.3) is 0 Å². The van der Waals surface area contributed by atoms with E-state index >= 15 is 0 Å². The second kappa shape index (κ2) is 5.66. The zero-order valence-electron chi connectivity index (χ0n) is 9.94. The van der Waals surface area contributed by atoms with Crippen LogP contribution in [-0.2, 0) is 0 Å². The summed E-state index contributed by atoms with van der Waals surface area (Å²) in [6.07, 6.45) is -2.40. The Kier molecular flexibility index (Phi) is 6.58. The predicted molar refractivity (Wildman–Crippen MR) is 55.4 cm³/mol. The third-order valence-electron chi connectivity index (χ3n) is 1.55. The van der Waals surface area contributed by atoms with Gasteiger partial charge in [0.15, 0.2) is 12.6 Å². The van der Waals surface area contributed by atoms with Gasteiger partial charge in [-0.3, -0.25) is 0 Å². The van der Waals surface area contributed by atoms with Gasteiger partial charge in [0.1, 0.15) is 0 Å². The summed E-state index contributed by atoms with van der Waals surface area (Å²) in [6.45, 7) is 10.6. The molecule has 0 amide bonds. The number of hydrogen-bond acceptors (Lipinski definition) is 4. The van der Waals surface area contributed by atoms with Gasteiger partial charge in [0.05, 0.1) is 0 Å². The van der Waals surface area contributed by atoms with Crippen LogP contribution in [0.2, 0.25) is 0 Å². The van der Waals surface area contributed by atoms with Gasteiger partial charge in [-0.15, -0.1) is 0 Å². The summed E-state index contributed by atoms with van der Waals surface area (Å²) in [5.74, 6) is 0. The van der Waals surface area contributed by atoms with Crippen molar-refractivity contribution in [2.24, 2.45) is 10.8 Å². The SMILES string of the molecule is CC(C)(C)C(O)O.CC(C)(C)C(O)O. The molecule has 0 spiro atoms. The van der Waals surface area contributed by atoms with Crippen LogP contribution in [0.4, 0.5) is 0 Å². The molecule has 0 radical (unpaired) electrons. The summed E-state index contributed by atoms with van der Waals surface area (Å²) in [7, 11) is 0. The molecule has 0 aliphatic rings. The minimum Gasteiger partial charge on any atom is -0.368 e. The summed E-state index contributed by atoms with van der Waals surface area (Å²) >= 11 is 0. The lowest BCUT2D eigenvalue weighted by molar-refractivity contribution is -0.114. The fourth-order valence-corrected chi connectivity index (χ4v) is 0. The first-order chi connectivity index (χ1) is 5.89. The largest absolute Gasteiger partial charge is 0.368 e. The quantitative estimate of drug-likeness (QED) is 0.441. The van der Waals surface area contributed by atoms with E-state index in [2.05, 4.69) is 0 Å². The van der Waals surface area contributed by atoms with Gasteiger partial charge in [0.2, 0.25) is 0 Å². The topological polar surface area (TPSA) is 80.9 Å². The van der Waals surface area contributed by atoms with E-state index in [0.717, 1.165) is 0 Å². The van der Waals surface area contributed by atoms with Gasteiger partial charge in [-0.05, 0) is 0 Å². The molecule has 0 saturated carbocycles. The molecule has 0 aromatic carbocycles. The van der Waals surface area contributed by atoms with Crippen LogP contribution in [0.1, 0.15) is 41.5 Å². The molecule has 0 aliphatic carbocycles. The van der Waals surface area contributed by atoms with Crippen molar-refractivity contribution in [1.29, 1.82) is 0 Å². The van der Waals surface area contributed by atoms with E-state index in [1.54, 1.807) is 41.5 Å². The highest BCUT2D eigenvalue weighted by Crippen LogP contribution is 2.16. The molecule has 0 unspecified atom stereocenters. The Hall–Kier alpha value is -0.160. The second-order valence-electron chi connectivity index (χ2n) is 5.48. The normalized spacial score (nSPS) is 12.9. The van der Waals surface area contributed by atoms with E-state index in [0.29, 0.717) is 0 Å². The Morgan fingerprint density at radius 1 is 0.571 bits per heavy atom. The maximum atomic E-state index is 8.44. The molecule has 0 atom stereocenters. The summed E-state index contributed by atoms with van der Waals surface area (Å²) in [4.78, 5) is 0. The smallest absolute Gasteiger partial charge is 0.156 e. The van der Waals surface area contributed by atoms with Gasteiger partial charge < -0.3 is 20.4 Å². The Morgan fingerprint density at radius 3 is 0.643 bits per heavy atom. The molecule has 0 aliphatic heterocycles. The van der Waals surface area contributed by atoms with Crippen molar-refractivity contribution in [3.8, 4) is 0 Å². The van der Waals surface area contributed by atoms with E-state index in [-0.39, 0.29) is 10.8 Å². The summed E-state index contributed by atoms with van der Waals surface area (Å²) in [5.41, 5.74) is -0.778. The van der Waals surface area contributed by atoms with Crippen molar-refractivity contribution in [2.45, 2.75) is 54.1 Å². The van der Waals surface area contributed by atoms with Crippen molar-refractivity contribution in [3.05, 3.63) is 0 Å². The molecule has 14 heavy (non-hydrogen) atoms. The maximum absolute atomic E-state index is 8.44. The minimum atomic E-state index is -1.20. The van der Waals surface area contributed by atoms with Crippen LogP contribution in [-0.4, -0.2) is 33.0 Å². The fourth-order valence-electron chi connectivity index (χ4n) is 0. The lowest BCUT2D eigenvalue weighted by atomic mass is 9.96. The number of aliphatic hydroxyl groups is 4. The first-order valence-corrected chi connectivity index (χ1v) is 4.61. The van der Waals surface area contributed by atoms with Crippen LogP contribution >= 0.6 is 0 Å². The lowest BCUT2D eigenvalue weighted by Gasteiger charge is -2.19. The molecular weight excluding hydrogens is 184 g/mol. The molecule has 0 bridgehead atoms. The molecule has 0 aromatic heterocycles. The molecule has 0 rings (SSSR count). The Bertz CT molecular complexity index is 121. The number of hydrogen-bond donors (Lipinski definition) is 4. The monoisotopic (exact) mass is 208 g/mol. The highest BCUT2D eigenvalue weighted by molar-refractivity contribution is 4.61. The van der Waals surface area contributed by atoms with Crippen molar-refractivity contribution in [1.82, 2.24) is 0 Å². The number of rotatable bonds is 0. The zero-order valence-corrected chi connectivity index (χ0v) is 9.94.